The lowest BCUT2D eigenvalue weighted by Crippen LogP contribution is -2.58. The van der Waals surface area contributed by atoms with Gasteiger partial charge in [0, 0.05) is 12.5 Å². The molecule has 0 radical (unpaired) electrons. The zero-order chi connectivity index (χ0) is 9.26. The van der Waals surface area contributed by atoms with Gasteiger partial charge in [0.15, 0.2) is 0 Å². The number of hydrogen-bond donors (Lipinski definition) is 2. The van der Waals surface area contributed by atoms with Crippen molar-refractivity contribution in [2.24, 2.45) is 5.73 Å². The quantitative estimate of drug-likeness (QED) is 0.696. The van der Waals surface area contributed by atoms with Gasteiger partial charge in [0.25, 0.3) is 0 Å². The molecule has 13 heavy (non-hydrogen) atoms. The Bertz CT molecular complexity index is 276. The van der Waals surface area contributed by atoms with Crippen LogP contribution in [0.4, 0.5) is 0 Å². The highest BCUT2D eigenvalue weighted by molar-refractivity contribution is 5.22. The van der Waals surface area contributed by atoms with Gasteiger partial charge in [-0.05, 0) is 12.1 Å². The van der Waals surface area contributed by atoms with Gasteiger partial charge in [0.1, 0.15) is 18.0 Å². The van der Waals surface area contributed by atoms with Crippen LogP contribution >= 0.6 is 0 Å². The minimum absolute atomic E-state index is 0.117. The lowest BCUT2D eigenvalue weighted by molar-refractivity contribution is -0.0536. The van der Waals surface area contributed by atoms with Gasteiger partial charge in [0.2, 0.25) is 0 Å². The zero-order valence-corrected chi connectivity index (χ0v) is 7.26. The van der Waals surface area contributed by atoms with Gasteiger partial charge in [-0.25, -0.2) is 0 Å². The average Bonchev–Trinajstić information content (AvgIpc) is 2.19. The second kappa shape index (κ2) is 3.36. The first-order chi connectivity index (χ1) is 6.27. The lowest BCUT2D eigenvalue weighted by Gasteiger charge is -2.38. The molecule has 1 fully saturated rings. The van der Waals surface area contributed by atoms with Crippen LogP contribution in [-0.2, 0) is 0 Å². The second-order valence-corrected chi connectivity index (χ2v) is 3.36. The van der Waals surface area contributed by atoms with Crippen molar-refractivity contribution < 1.29 is 9.84 Å². The second-order valence-electron chi connectivity index (χ2n) is 3.36. The third-order valence-electron chi connectivity index (χ3n) is 2.35. The van der Waals surface area contributed by atoms with E-state index in [0.29, 0.717) is 0 Å². The molecule has 3 nitrogen and oxygen atoms in total. The molecule has 0 heterocycles. The summed E-state index contributed by atoms with van der Waals surface area (Å²) in [5, 5.41) is 9.39. The molecule has 0 spiro atoms. The van der Waals surface area contributed by atoms with E-state index in [-0.39, 0.29) is 12.1 Å². The van der Waals surface area contributed by atoms with Crippen LogP contribution in [0.1, 0.15) is 6.42 Å². The van der Waals surface area contributed by atoms with Crippen LogP contribution in [0.5, 0.6) is 5.75 Å². The van der Waals surface area contributed by atoms with Crippen molar-refractivity contribution in [1.82, 2.24) is 0 Å². The number of para-hydroxylation sites is 1. The number of rotatable bonds is 2. The fraction of sp³-hybridized carbons (Fsp3) is 0.400. The van der Waals surface area contributed by atoms with E-state index in [1.807, 2.05) is 30.3 Å². The van der Waals surface area contributed by atoms with E-state index in [1.165, 1.54) is 0 Å². The fourth-order valence-corrected chi connectivity index (χ4v) is 1.42. The Labute approximate surface area is 77.1 Å². The number of nitrogens with two attached hydrogens (primary N) is 1. The van der Waals surface area contributed by atoms with Gasteiger partial charge in [-0.2, -0.15) is 0 Å². The van der Waals surface area contributed by atoms with Crippen LogP contribution in [-0.4, -0.2) is 23.4 Å². The summed E-state index contributed by atoms with van der Waals surface area (Å²) in [4.78, 5) is 0. The molecule has 3 atom stereocenters. The van der Waals surface area contributed by atoms with Crippen molar-refractivity contribution >= 4 is 0 Å². The summed E-state index contributed by atoms with van der Waals surface area (Å²) in [6.07, 6.45) is 0.0911. The number of benzene rings is 1. The molecular weight excluding hydrogens is 166 g/mol. The van der Waals surface area contributed by atoms with Crippen molar-refractivity contribution in [1.29, 1.82) is 0 Å². The van der Waals surface area contributed by atoms with Crippen molar-refractivity contribution in [2.75, 3.05) is 0 Å². The largest absolute Gasteiger partial charge is 0.488 e. The van der Waals surface area contributed by atoms with Crippen molar-refractivity contribution in [3.8, 4) is 5.75 Å². The Hall–Kier alpha value is -1.06. The van der Waals surface area contributed by atoms with Crippen LogP contribution < -0.4 is 10.5 Å². The first-order valence-electron chi connectivity index (χ1n) is 4.43. The lowest BCUT2D eigenvalue weighted by atomic mass is 9.86. The smallest absolute Gasteiger partial charge is 0.128 e. The van der Waals surface area contributed by atoms with E-state index in [0.717, 1.165) is 12.2 Å². The highest BCUT2D eigenvalue weighted by atomic mass is 16.5. The molecule has 3 N–H and O–H groups in total. The van der Waals surface area contributed by atoms with Gasteiger partial charge >= 0.3 is 0 Å². The number of ether oxygens (including phenoxy) is 1. The summed E-state index contributed by atoms with van der Waals surface area (Å²) in [6.45, 7) is 0. The highest BCUT2D eigenvalue weighted by Gasteiger charge is 2.38. The molecule has 3 heteroatoms. The summed E-state index contributed by atoms with van der Waals surface area (Å²) >= 11 is 0. The van der Waals surface area contributed by atoms with E-state index in [9.17, 15) is 5.11 Å². The fourth-order valence-electron chi connectivity index (χ4n) is 1.42. The summed E-state index contributed by atoms with van der Waals surface area (Å²) in [5.74, 6) is 0.790. The zero-order valence-electron chi connectivity index (χ0n) is 7.26. The van der Waals surface area contributed by atoms with E-state index >= 15 is 0 Å². The van der Waals surface area contributed by atoms with Gasteiger partial charge in [-0.3, -0.25) is 0 Å². The first-order valence-corrected chi connectivity index (χ1v) is 4.43. The van der Waals surface area contributed by atoms with Crippen LogP contribution in [0.25, 0.3) is 0 Å². The highest BCUT2D eigenvalue weighted by Crippen LogP contribution is 2.24. The molecular formula is C10H13NO2. The first kappa shape index (κ1) is 8.53. The molecule has 1 aliphatic carbocycles. The molecule has 1 aliphatic rings. The van der Waals surface area contributed by atoms with Crippen molar-refractivity contribution in [3.63, 3.8) is 0 Å². The molecule has 0 aliphatic heterocycles. The van der Waals surface area contributed by atoms with Gasteiger partial charge < -0.3 is 15.6 Å². The van der Waals surface area contributed by atoms with Crippen LogP contribution in [0.15, 0.2) is 30.3 Å². The molecule has 2 rings (SSSR count). The summed E-state index contributed by atoms with van der Waals surface area (Å²) in [6, 6.07) is 9.36. The van der Waals surface area contributed by atoms with Gasteiger partial charge in [0.05, 0.1) is 0 Å². The van der Waals surface area contributed by atoms with E-state index in [1.54, 1.807) is 0 Å². The average molecular weight is 179 g/mol. The predicted molar refractivity (Wildman–Crippen MR) is 49.5 cm³/mol. The Morgan fingerprint density at radius 1 is 1.31 bits per heavy atom. The maximum absolute atomic E-state index is 9.39. The van der Waals surface area contributed by atoms with Crippen LogP contribution in [0.2, 0.25) is 0 Å². The molecule has 0 amide bonds. The molecule has 1 saturated carbocycles. The predicted octanol–water partition coefficient (Wildman–Crippen LogP) is 0.526. The SMILES string of the molecule is NC1CC(Oc2ccccc2)C1O. The van der Waals surface area contributed by atoms with E-state index in [4.69, 9.17) is 10.5 Å². The summed E-state index contributed by atoms with van der Waals surface area (Å²) in [5.41, 5.74) is 5.54. The Morgan fingerprint density at radius 2 is 2.00 bits per heavy atom. The topological polar surface area (TPSA) is 55.5 Å². The number of aliphatic hydroxyl groups excluding tert-OH is 1. The molecule has 3 unspecified atom stereocenters. The standard InChI is InChI=1S/C10H13NO2/c11-8-6-9(10(8)12)13-7-4-2-1-3-5-7/h1-5,8-10,12H,6,11H2. The van der Waals surface area contributed by atoms with E-state index < -0.39 is 6.10 Å². The normalized spacial score (nSPS) is 32.3. The minimum atomic E-state index is -0.514. The molecule has 1 aromatic carbocycles. The van der Waals surface area contributed by atoms with Crippen LogP contribution in [0, 0.1) is 0 Å². The Morgan fingerprint density at radius 3 is 2.54 bits per heavy atom. The Balaban J connectivity index is 1.93. The Kier molecular flexibility index (Phi) is 2.20. The van der Waals surface area contributed by atoms with Gasteiger partial charge in [-0.15, -0.1) is 0 Å². The third kappa shape index (κ3) is 1.66. The molecule has 0 aromatic heterocycles. The maximum Gasteiger partial charge on any atom is 0.128 e. The number of hydrogen-bond acceptors (Lipinski definition) is 3. The van der Waals surface area contributed by atoms with E-state index in [2.05, 4.69) is 0 Å². The molecule has 1 aromatic rings. The van der Waals surface area contributed by atoms with Crippen molar-refractivity contribution in [3.05, 3.63) is 30.3 Å². The van der Waals surface area contributed by atoms with Gasteiger partial charge in [-0.1, -0.05) is 18.2 Å². The minimum Gasteiger partial charge on any atom is -0.488 e. The van der Waals surface area contributed by atoms with Crippen LogP contribution in [0.3, 0.4) is 0 Å². The van der Waals surface area contributed by atoms with Crippen molar-refractivity contribution in [2.45, 2.75) is 24.7 Å². The summed E-state index contributed by atoms with van der Waals surface area (Å²) in [7, 11) is 0. The maximum atomic E-state index is 9.39. The summed E-state index contributed by atoms with van der Waals surface area (Å²) < 4.78 is 5.50. The molecule has 0 saturated heterocycles. The third-order valence-corrected chi connectivity index (χ3v) is 2.35. The molecule has 0 bridgehead atoms. The monoisotopic (exact) mass is 179 g/mol. The number of aliphatic hydroxyl groups is 1. The molecule has 70 valence electrons.